The first kappa shape index (κ1) is 24.1. The Morgan fingerprint density at radius 2 is 2.24 bits per heavy atom. The van der Waals surface area contributed by atoms with Gasteiger partial charge < -0.3 is 35.3 Å². The minimum atomic E-state index is -0.922. The number of rotatable bonds is 5. The van der Waals surface area contributed by atoms with Crippen molar-refractivity contribution in [2.45, 2.75) is 51.0 Å². The van der Waals surface area contributed by atoms with E-state index in [4.69, 9.17) is 15.2 Å². The van der Waals surface area contributed by atoms with Crippen LogP contribution in [0.15, 0.2) is 40.8 Å². The molecule has 1 aromatic heterocycles. The smallest absolute Gasteiger partial charge is 0.193 e. The first-order valence-corrected chi connectivity index (χ1v) is 11.1. The van der Waals surface area contributed by atoms with Gasteiger partial charge in [-0.15, -0.1) is 0 Å². The molecule has 5 N–H and O–H groups in total. The van der Waals surface area contributed by atoms with E-state index in [9.17, 15) is 14.6 Å². The van der Waals surface area contributed by atoms with E-state index >= 15 is 4.39 Å². The van der Waals surface area contributed by atoms with E-state index in [2.05, 4.69) is 21.9 Å². The summed E-state index contributed by atoms with van der Waals surface area (Å²) in [5.41, 5.74) is 6.09. The van der Waals surface area contributed by atoms with Crippen molar-refractivity contribution in [2.75, 3.05) is 19.8 Å². The van der Waals surface area contributed by atoms with Crippen LogP contribution in [0.4, 0.5) is 8.78 Å². The summed E-state index contributed by atoms with van der Waals surface area (Å²) in [4.78, 5) is 8.49. The first-order chi connectivity index (χ1) is 16.2. The highest BCUT2D eigenvalue weighted by Crippen LogP contribution is 2.31. The Morgan fingerprint density at radius 1 is 1.47 bits per heavy atom. The van der Waals surface area contributed by atoms with Gasteiger partial charge in [0, 0.05) is 30.4 Å². The molecule has 0 bridgehead atoms. The summed E-state index contributed by atoms with van der Waals surface area (Å²) in [5, 5.41) is 23.1. The Balaban J connectivity index is 1.65. The summed E-state index contributed by atoms with van der Waals surface area (Å²) >= 11 is 0. The number of nitrogens with one attached hydrogen (secondary N) is 1. The second kappa shape index (κ2) is 9.69. The number of imidazole rings is 1. The molecule has 0 spiro atoms. The van der Waals surface area contributed by atoms with Gasteiger partial charge >= 0.3 is 0 Å². The van der Waals surface area contributed by atoms with Gasteiger partial charge in [0.15, 0.2) is 11.7 Å². The van der Waals surface area contributed by atoms with Gasteiger partial charge in [-0.2, -0.15) is 0 Å². The molecule has 1 saturated heterocycles. The number of ether oxygens (including phenoxy) is 2. The minimum Gasteiger partial charge on any atom is -0.489 e. The zero-order chi connectivity index (χ0) is 24.6. The van der Waals surface area contributed by atoms with Crippen LogP contribution >= 0.6 is 0 Å². The number of aliphatic imine (C=N–C) groups is 1. The van der Waals surface area contributed by atoms with E-state index in [-0.39, 0.29) is 53.9 Å². The minimum absolute atomic E-state index is 0.0389. The maximum atomic E-state index is 15.1. The summed E-state index contributed by atoms with van der Waals surface area (Å²) < 4.78 is 42.8. The summed E-state index contributed by atoms with van der Waals surface area (Å²) in [6.45, 7) is 8.11. The predicted octanol–water partition coefficient (Wildman–Crippen LogP) is 0.465. The lowest BCUT2D eigenvalue weighted by Crippen LogP contribution is -2.40. The van der Waals surface area contributed by atoms with Crippen molar-refractivity contribution in [2.24, 2.45) is 10.7 Å². The molecule has 1 aliphatic carbocycles. The Hall–Kier alpha value is -3.02. The zero-order valence-corrected chi connectivity index (χ0v) is 19.1. The van der Waals surface area contributed by atoms with Gasteiger partial charge in [0.2, 0.25) is 0 Å². The van der Waals surface area contributed by atoms with E-state index < -0.39 is 29.9 Å². The van der Waals surface area contributed by atoms with E-state index in [0.717, 1.165) is 6.20 Å². The van der Waals surface area contributed by atoms with Crippen LogP contribution in [0.2, 0.25) is 0 Å². The topological polar surface area (TPSA) is 127 Å². The van der Waals surface area contributed by atoms with Gasteiger partial charge in [0.05, 0.1) is 24.8 Å². The van der Waals surface area contributed by atoms with Crippen LogP contribution in [0.5, 0.6) is 0 Å². The summed E-state index contributed by atoms with van der Waals surface area (Å²) in [5.74, 6) is -0.765. The van der Waals surface area contributed by atoms with Crippen molar-refractivity contribution in [3.63, 3.8) is 0 Å². The average Bonchev–Trinajstić information content (AvgIpc) is 3.16. The summed E-state index contributed by atoms with van der Waals surface area (Å²) in [6.07, 6.45) is 1.16. The molecule has 4 atom stereocenters. The third-order valence-corrected chi connectivity index (χ3v) is 5.98. The normalized spacial score (nSPS) is 26.3. The molecule has 0 amide bonds. The molecule has 34 heavy (non-hydrogen) atoms. The molecule has 4 rings (SSSR count). The van der Waals surface area contributed by atoms with Gasteiger partial charge in [0.1, 0.15) is 40.9 Å². The molecule has 0 saturated carbocycles. The molecule has 184 valence electrons. The molecule has 1 aromatic rings. The second-order valence-corrected chi connectivity index (χ2v) is 8.56. The Labute approximate surface area is 195 Å². The molecule has 11 heteroatoms. The molecule has 2 aliphatic heterocycles. The SMILES string of the molecule is C=C(C1=CCC(F)=c2nc([C@@H](C)O)n3c2=C1OC[C@H]3C)/C(F)=C\NC(N)=N[C@@H]1CCOC[C@H]1O. The van der Waals surface area contributed by atoms with Crippen molar-refractivity contribution in [3.05, 3.63) is 52.4 Å². The van der Waals surface area contributed by atoms with E-state index in [1.54, 1.807) is 11.5 Å². The molecule has 0 unspecified atom stereocenters. The van der Waals surface area contributed by atoms with Crippen LogP contribution in [0, 0.1) is 0 Å². The van der Waals surface area contributed by atoms with Gasteiger partial charge in [-0.1, -0.05) is 12.7 Å². The van der Waals surface area contributed by atoms with Crippen LogP contribution in [0.3, 0.4) is 0 Å². The standard InChI is InChI=1S/C23H29F2N5O4/c1-11-9-34-21-14(4-5-15(24)19-20(21)30(11)22(29-19)13(3)31)12(2)16(25)8-27-23(26)28-17-6-7-33-10-18(17)32/h4,8,11,13,17-18,31-32H,2,5-7,9-10H2,1,3H3,(H3,26,27,28)/b16-8+/t11-,13-,17-,18-/m1/s1. The predicted molar refractivity (Wildman–Crippen MR) is 122 cm³/mol. The van der Waals surface area contributed by atoms with Crippen molar-refractivity contribution < 1.29 is 28.5 Å². The average molecular weight is 478 g/mol. The lowest BCUT2D eigenvalue weighted by atomic mass is 10.0. The number of nitrogens with zero attached hydrogens (tertiary/aromatic N) is 3. The number of nitrogens with two attached hydrogens (primary N) is 1. The molecule has 0 radical (unpaired) electrons. The molecule has 9 nitrogen and oxygen atoms in total. The highest BCUT2D eigenvalue weighted by molar-refractivity contribution is 5.79. The number of aromatic nitrogens is 2. The van der Waals surface area contributed by atoms with Crippen LogP contribution in [0.1, 0.15) is 44.7 Å². The largest absolute Gasteiger partial charge is 0.489 e. The van der Waals surface area contributed by atoms with Crippen molar-refractivity contribution in [1.29, 1.82) is 0 Å². The molecule has 3 aliphatic rings. The first-order valence-electron chi connectivity index (χ1n) is 11.1. The third kappa shape index (κ3) is 4.50. The number of aliphatic hydroxyl groups is 2. The molecule has 3 heterocycles. The summed E-state index contributed by atoms with van der Waals surface area (Å²) in [6, 6.07) is -0.650. The fourth-order valence-electron chi connectivity index (χ4n) is 4.22. The van der Waals surface area contributed by atoms with E-state index in [1.807, 2.05) is 6.92 Å². The molecular formula is C23H29F2N5O4. The van der Waals surface area contributed by atoms with Crippen LogP contribution in [0.25, 0.3) is 11.6 Å². The quantitative estimate of drug-likeness (QED) is 0.276. The lowest BCUT2D eigenvalue weighted by Gasteiger charge is -2.26. The second-order valence-electron chi connectivity index (χ2n) is 8.56. The Kier molecular flexibility index (Phi) is 6.87. The van der Waals surface area contributed by atoms with Gasteiger partial charge in [-0.25, -0.2) is 18.8 Å². The number of aliphatic hydroxyl groups excluding tert-OH is 2. The van der Waals surface area contributed by atoms with Gasteiger partial charge in [0.25, 0.3) is 0 Å². The van der Waals surface area contributed by atoms with Gasteiger partial charge in [-0.05, 0) is 20.3 Å². The number of allylic oxidation sites excluding steroid dienone is 2. The Bertz CT molecular complexity index is 1200. The zero-order valence-electron chi connectivity index (χ0n) is 19.1. The Morgan fingerprint density at radius 3 is 2.94 bits per heavy atom. The van der Waals surface area contributed by atoms with E-state index in [1.165, 1.54) is 6.08 Å². The van der Waals surface area contributed by atoms with Crippen LogP contribution < -0.4 is 21.7 Å². The number of guanidine groups is 1. The number of hydrogen-bond donors (Lipinski definition) is 4. The van der Waals surface area contributed by atoms with Crippen molar-refractivity contribution in [3.8, 4) is 0 Å². The monoisotopic (exact) mass is 477 g/mol. The molecular weight excluding hydrogens is 448 g/mol. The van der Waals surface area contributed by atoms with Crippen LogP contribution in [-0.2, 0) is 9.47 Å². The highest BCUT2D eigenvalue weighted by Gasteiger charge is 2.30. The third-order valence-electron chi connectivity index (χ3n) is 5.98. The summed E-state index contributed by atoms with van der Waals surface area (Å²) in [7, 11) is 0. The van der Waals surface area contributed by atoms with Crippen molar-refractivity contribution in [1.82, 2.24) is 14.9 Å². The lowest BCUT2D eigenvalue weighted by molar-refractivity contribution is -0.0177. The maximum absolute atomic E-state index is 15.1. The highest BCUT2D eigenvalue weighted by atomic mass is 19.1. The number of hydrogen-bond acceptors (Lipinski definition) is 6. The number of halogens is 2. The fraction of sp³-hybridized carbons (Fsp3) is 0.478. The van der Waals surface area contributed by atoms with Gasteiger partial charge in [-0.3, -0.25) is 0 Å². The molecule has 1 fully saturated rings. The van der Waals surface area contributed by atoms with E-state index in [0.29, 0.717) is 24.2 Å². The fourth-order valence-corrected chi connectivity index (χ4v) is 4.22. The maximum Gasteiger partial charge on any atom is 0.193 e. The van der Waals surface area contributed by atoms with Crippen LogP contribution in [-0.4, -0.2) is 57.7 Å². The molecule has 0 aromatic carbocycles. The van der Waals surface area contributed by atoms with Crippen molar-refractivity contribution >= 4 is 17.5 Å².